The summed E-state index contributed by atoms with van der Waals surface area (Å²) < 4.78 is 43.5. The van der Waals surface area contributed by atoms with Gasteiger partial charge in [-0.1, -0.05) is 12.1 Å². The Kier molecular flexibility index (Phi) is 6.20. The van der Waals surface area contributed by atoms with Crippen LogP contribution in [0.5, 0.6) is 0 Å². The van der Waals surface area contributed by atoms with E-state index in [1.165, 1.54) is 12.1 Å². The molecule has 0 radical (unpaired) electrons. The quantitative estimate of drug-likeness (QED) is 0.850. The zero-order chi connectivity index (χ0) is 17.7. The lowest BCUT2D eigenvalue weighted by Gasteiger charge is -2.35. The summed E-state index contributed by atoms with van der Waals surface area (Å²) >= 11 is 0. The van der Waals surface area contributed by atoms with Crippen LogP contribution in [0.3, 0.4) is 0 Å². The molecule has 1 amide bonds. The smallest absolute Gasteiger partial charge is 0.379 e. The summed E-state index contributed by atoms with van der Waals surface area (Å²) in [6, 6.07) is 4.19. The molecule has 2 unspecified atom stereocenters. The lowest BCUT2D eigenvalue weighted by atomic mass is 10.0. The van der Waals surface area contributed by atoms with E-state index >= 15 is 0 Å². The van der Waals surface area contributed by atoms with Crippen LogP contribution in [0.2, 0.25) is 0 Å². The Morgan fingerprint density at radius 1 is 1.29 bits per heavy atom. The van der Waals surface area contributed by atoms with Crippen LogP contribution >= 0.6 is 0 Å². The summed E-state index contributed by atoms with van der Waals surface area (Å²) in [5.74, 6) is -0.292. The van der Waals surface area contributed by atoms with E-state index < -0.39 is 17.8 Å². The molecule has 0 bridgehead atoms. The number of alkyl halides is 3. The first kappa shape index (κ1) is 18.7. The van der Waals surface area contributed by atoms with Gasteiger partial charge in [0.25, 0.3) is 0 Å². The lowest BCUT2D eigenvalue weighted by molar-refractivity contribution is -0.137. The van der Waals surface area contributed by atoms with Crippen LogP contribution in [-0.4, -0.2) is 49.7 Å². The Morgan fingerprint density at radius 2 is 1.88 bits per heavy atom. The van der Waals surface area contributed by atoms with E-state index in [1.807, 2.05) is 0 Å². The van der Waals surface area contributed by atoms with Gasteiger partial charge in [0.15, 0.2) is 0 Å². The molecular weight excluding hydrogens is 323 g/mol. The zero-order valence-electron chi connectivity index (χ0n) is 13.5. The second-order valence-corrected chi connectivity index (χ2v) is 5.82. The van der Waals surface area contributed by atoms with Crippen LogP contribution in [0, 0.1) is 0 Å². The van der Waals surface area contributed by atoms with Crippen molar-refractivity contribution in [2.45, 2.75) is 25.2 Å². The number of nitrogens with two attached hydrogens (primary N) is 1. The van der Waals surface area contributed by atoms with Gasteiger partial charge in [0.1, 0.15) is 0 Å². The molecule has 1 heterocycles. The van der Waals surface area contributed by atoms with Gasteiger partial charge < -0.3 is 15.8 Å². The van der Waals surface area contributed by atoms with Gasteiger partial charge in [-0.2, -0.15) is 13.2 Å². The van der Waals surface area contributed by atoms with Crippen molar-refractivity contribution in [3.8, 4) is 0 Å². The molecule has 5 nitrogen and oxygen atoms in total. The molecule has 1 aliphatic rings. The molecule has 1 aromatic rings. The summed E-state index contributed by atoms with van der Waals surface area (Å²) in [4.78, 5) is 13.8. The SMILES string of the molecule is CC(N)C(=O)NCC(c1ccc(C(F)(F)F)cc1)N1CCOCC1. The average molecular weight is 345 g/mol. The van der Waals surface area contributed by atoms with Gasteiger partial charge >= 0.3 is 6.18 Å². The van der Waals surface area contributed by atoms with Crippen molar-refractivity contribution >= 4 is 5.91 Å². The van der Waals surface area contributed by atoms with Crippen molar-refractivity contribution in [3.05, 3.63) is 35.4 Å². The number of benzene rings is 1. The third-order valence-corrected chi connectivity index (χ3v) is 3.99. The van der Waals surface area contributed by atoms with Crippen LogP contribution < -0.4 is 11.1 Å². The molecule has 0 aromatic heterocycles. The number of halogens is 3. The summed E-state index contributed by atoms with van der Waals surface area (Å²) in [5.41, 5.74) is 5.57. The molecule has 3 N–H and O–H groups in total. The molecule has 1 aliphatic heterocycles. The van der Waals surface area contributed by atoms with Gasteiger partial charge in [0.2, 0.25) is 5.91 Å². The molecule has 8 heteroatoms. The fourth-order valence-corrected chi connectivity index (χ4v) is 2.60. The summed E-state index contributed by atoms with van der Waals surface area (Å²) in [6.07, 6.45) is -4.36. The van der Waals surface area contributed by atoms with Crippen LogP contribution in [0.4, 0.5) is 13.2 Å². The molecule has 1 fully saturated rings. The topological polar surface area (TPSA) is 67.6 Å². The second kappa shape index (κ2) is 7.96. The predicted molar refractivity (Wildman–Crippen MR) is 83.2 cm³/mol. The highest BCUT2D eigenvalue weighted by atomic mass is 19.4. The minimum Gasteiger partial charge on any atom is -0.379 e. The molecule has 24 heavy (non-hydrogen) atoms. The Hall–Kier alpha value is -1.64. The highest BCUT2D eigenvalue weighted by Gasteiger charge is 2.31. The van der Waals surface area contributed by atoms with Crippen LogP contribution in [-0.2, 0) is 15.7 Å². The summed E-state index contributed by atoms with van der Waals surface area (Å²) in [5, 5.41) is 2.75. The van der Waals surface area contributed by atoms with E-state index in [-0.39, 0.29) is 18.5 Å². The monoisotopic (exact) mass is 345 g/mol. The minimum atomic E-state index is -4.36. The highest BCUT2D eigenvalue weighted by Crippen LogP contribution is 2.31. The third-order valence-electron chi connectivity index (χ3n) is 3.99. The number of morpholine rings is 1. The molecular formula is C16H22F3N3O2. The third kappa shape index (κ3) is 4.93. The van der Waals surface area contributed by atoms with Gasteiger partial charge in [0, 0.05) is 19.6 Å². The number of hydrogen-bond acceptors (Lipinski definition) is 4. The van der Waals surface area contributed by atoms with Crippen molar-refractivity contribution < 1.29 is 22.7 Å². The second-order valence-electron chi connectivity index (χ2n) is 5.82. The Bertz CT molecular complexity index is 540. The number of rotatable bonds is 5. The summed E-state index contributed by atoms with van der Waals surface area (Å²) in [6.45, 7) is 4.28. The number of carbonyl (C=O) groups is 1. The molecule has 0 spiro atoms. The van der Waals surface area contributed by atoms with Crippen molar-refractivity contribution in [1.29, 1.82) is 0 Å². The maximum absolute atomic E-state index is 12.7. The van der Waals surface area contributed by atoms with E-state index in [0.29, 0.717) is 26.3 Å². The molecule has 2 atom stereocenters. The first-order chi connectivity index (χ1) is 11.3. The molecule has 134 valence electrons. The Labute approximate surface area is 138 Å². The van der Waals surface area contributed by atoms with Gasteiger partial charge in [-0.05, 0) is 24.6 Å². The molecule has 1 aromatic carbocycles. The van der Waals surface area contributed by atoms with Crippen LogP contribution in [0.1, 0.15) is 24.1 Å². The predicted octanol–water partition coefficient (Wildman–Crippen LogP) is 1.54. The molecule has 1 saturated heterocycles. The van der Waals surface area contributed by atoms with Crippen LogP contribution in [0.25, 0.3) is 0 Å². The number of ether oxygens (including phenoxy) is 1. The standard InChI is InChI=1S/C16H22F3N3O2/c1-11(20)15(23)21-10-14(22-6-8-24-9-7-22)12-2-4-13(5-3-12)16(17,18)19/h2-5,11,14H,6-10,20H2,1H3,(H,21,23). The largest absolute Gasteiger partial charge is 0.416 e. The van der Waals surface area contributed by atoms with E-state index in [0.717, 1.165) is 17.7 Å². The normalized spacial score (nSPS) is 18.9. The highest BCUT2D eigenvalue weighted by molar-refractivity contribution is 5.80. The fraction of sp³-hybridized carbons (Fsp3) is 0.562. The van der Waals surface area contributed by atoms with Gasteiger partial charge in [-0.25, -0.2) is 0 Å². The van der Waals surface area contributed by atoms with Gasteiger partial charge in [-0.3, -0.25) is 9.69 Å². The number of hydrogen-bond donors (Lipinski definition) is 2. The van der Waals surface area contributed by atoms with E-state index in [1.54, 1.807) is 6.92 Å². The van der Waals surface area contributed by atoms with Gasteiger partial charge in [0.05, 0.1) is 30.9 Å². The number of amides is 1. The first-order valence-electron chi connectivity index (χ1n) is 7.81. The maximum Gasteiger partial charge on any atom is 0.416 e. The average Bonchev–Trinajstić information content (AvgIpc) is 2.55. The van der Waals surface area contributed by atoms with Crippen molar-refractivity contribution in [2.24, 2.45) is 5.73 Å². The number of carbonyl (C=O) groups excluding carboxylic acids is 1. The van der Waals surface area contributed by atoms with E-state index in [4.69, 9.17) is 10.5 Å². The van der Waals surface area contributed by atoms with Crippen molar-refractivity contribution in [1.82, 2.24) is 10.2 Å². The van der Waals surface area contributed by atoms with E-state index in [9.17, 15) is 18.0 Å². The van der Waals surface area contributed by atoms with Crippen LogP contribution in [0.15, 0.2) is 24.3 Å². The lowest BCUT2D eigenvalue weighted by Crippen LogP contribution is -2.46. The number of nitrogens with zero attached hydrogens (tertiary/aromatic N) is 1. The number of nitrogens with one attached hydrogen (secondary N) is 1. The Morgan fingerprint density at radius 3 is 2.38 bits per heavy atom. The summed E-state index contributed by atoms with van der Waals surface area (Å²) in [7, 11) is 0. The molecule has 2 rings (SSSR count). The molecule has 0 aliphatic carbocycles. The first-order valence-corrected chi connectivity index (χ1v) is 7.81. The zero-order valence-corrected chi connectivity index (χ0v) is 13.5. The van der Waals surface area contributed by atoms with Crippen molar-refractivity contribution in [3.63, 3.8) is 0 Å². The maximum atomic E-state index is 12.7. The fourth-order valence-electron chi connectivity index (χ4n) is 2.60. The molecule has 0 saturated carbocycles. The van der Waals surface area contributed by atoms with Gasteiger partial charge in [-0.15, -0.1) is 0 Å². The Balaban J connectivity index is 2.16. The van der Waals surface area contributed by atoms with Crippen molar-refractivity contribution in [2.75, 3.05) is 32.8 Å². The minimum absolute atomic E-state index is 0.223. The van der Waals surface area contributed by atoms with E-state index in [2.05, 4.69) is 10.2 Å².